The third-order valence-corrected chi connectivity index (χ3v) is 4.84. The van der Waals surface area contributed by atoms with E-state index < -0.39 is 0 Å². The van der Waals surface area contributed by atoms with Crippen LogP contribution in [-0.2, 0) is 6.42 Å². The van der Waals surface area contributed by atoms with Crippen molar-refractivity contribution in [2.75, 3.05) is 11.5 Å². The molecule has 1 aromatic rings. The molecule has 0 bridgehead atoms. The molecule has 16 heavy (non-hydrogen) atoms. The van der Waals surface area contributed by atoms with Gasteiger partial charge in [-0.05, 0) is 48.3 Å². The molecule has 1 aliphatic carbocycles. The van der Waals surface area contributed by atoms with E-state index in [0.29, 0.717) is 6.04 Å². The van der Waals surface area contributed by atoms with E-state index in [2.05, 4.69) is 41.3 Å². The van der Waals surface area contributed by atoms with E-state index in [9.17, 15) is 0 Å². The number of benzene rings is 1. The largest absolute Gasteiger partial charge is 0.307 e. The lowest BCUT2D eigenvalue weighted by atomic mass is 10.1. The lowest BCUT2D eigenvalue weighted by Crippen LogP contribution is -2.34. The second-order valence-electron chi connectivity index (χ2n) is 4.84. The summed E-state index contributed by atoms with van der Waals surface area (Å²) in [6.45, 7) is 0. The zero-order valence-corrected chi connectivity index (χ0v) is 10.4. The fourth-order valence-corrected chi connectivity index (χ4v) is 3.99. The first kappa shape index (κ1) is 10.7. The SMILES string of the molecule is c1ccc2c(c1)CCC2NC1CCSCC1. The Bertz CT molecular complexity index is 358. The quantitative estimate of drug-likeness (QED) is 0.842. The van der Waals surface area contributed by atoms with Gasteiger partial charge in [0, 0.05) is 12.1 Å². The molecule has 0 spiro atoms. The van der Waals surface area contributed by atoms with Crippen LogP contribution >= 0.6 is 11.8 Å². The highest BCUT2D eigenvalue weighted by molar-refractivity contribution is 7.99. The predicted octanol–water partition coefficient (Wildman–Crippen LogP) is 3.16. The molecule has 1 fully saturated rings. The second-order valence-corrected chi connectivity index (χ2v) is 6.07. The number of fused-ring (bicyclic) bond motifs is 1. The maximum atomic E-state index is 3.86. The summed E-state index contributed by atoms with van der Waals surface area (Å²) < 4.78 is 0. The molecule has 0 aromatic heterocycles. The molecule has 1 saturated heterocycles. The predicted molar refractivity (Wildman–Crippen MR) is 71.0 cm³/mol. The Morgan fingerprint density at radius 1 is 1.06 bits per heavy atom. The zero-order chi connectivity index (χ0) is 10.8. The van der Waals surface area contributed by atoms with Gasteiger partial charge < -0.3 is 5.32 Å². The van der Waals surface area contributed by atoms with Gasteiger partial charge in [-0.15, -0.1) is 0 Å². The third-order valence-electron chi connectivity index (χ3n) is 3.79. The summed E-state index contributed by atoms with van der Waals surface area (Å²) in [5.41, 5.74) is 3.12. The molecule has 1 unspecified atom stereocenters. The van der Waals surface area contributed by atoms with E-state index in [1.807, 2.05) is 0 Å². The fourth-order valence-electron chi connectivity index (χ4n) is 2.88. The number of aryl methyl sites for hydroxylation is 1. The molecule has 0 amide bonds. The van der Waals surface area contributed by atoms with Gasteiger partial charge >= 0.3 is 0 Å². The van der Waals surface area contributed by atoms with Gasteiger partial charge in [0.15, 0.2) is 0 Å². The highest BCUT2D eigenvalue weighted by Gasteiger charge is 2.24. The molecule has 3 rings (SSSR count). The molecular weight excluding hydrogens is 214 g/mol. The summed E-state index contributed by atoms with van der Waals surface area (Å²) >= 11 is 2.10. The van der Waals surface area contributed by atoms with Crippen molar-refractivity contribution in [3.8, 4) is 0 Å². The first-order chi connectivity index (χ1) is 7.93. The average molecular weight is 233 g/mol. The van der Waals surface area contributed by atoms with Crippen LogP contribution in [-0.4, -0.2) is 17.5 Å². The summed E-state index contributed by atoms with van der Waals surface area (Å²) in [4.78, 5) is 0. The second kappa shape index (κ2) is 4.80. The number of nitrogens with one attached hydrogen (secondary N) is 1. The summed E-state index contributed by atoms with van der Waals surface area (Å²) in [6.07, 6.45) is 5.25. The number of hydrogen-bond acceptors (Lipinski definition) is 2. The Labute approximate surface area is 102 Å². The van der Waals surface area contributed by atoms with Crippen molar-refractivity contribution < 1.29 is 0 Å². The van der Waals surface area contributed by atoms with Gasteiger partial charge in [-0.2, -0.15) is 11.8 Å². The molecule has 1 aliphatic heterocycles. The van der Waals surface area contributed by atoms with Gasteiger partial charge in [0.2, 0.25) is 0 Å². The van der Waals surface area contributed by atoms with Crippen molar-refractivity contribution in [1.82, 2.24) is 5.32 Å². The van der Waals surface area contributed by atoms with Crippen molar-refractivity contribution in [2.24, 2.45) is 0 Å². The molecule has 0 radical (unpaired) electrons. The van der Waals surface area contributed by atoms with Crippen LogP contribution in [0.15, 0.2) is 24.3 Å². The molecule has 2 aliphatic rings. The van der Waals surface area contributed by atoms with Gasteiger partial charge in [0.05, 0.1) is 0 Å². The van der Waals surface area contributed by atoms with Crippen LogP contribution in [0.25, 0.3) is 0 Å². The van der Waals surface area contributed by atoms with Crippen LogP contribution in [0.2, 0.25) is 0 Å². The van der Waals surface area contributed by atoms with Gasteiger partial charge in [-0.25, -0.2) is 0 Å². The summed E-state index contributed by atoms with van der Waals surface area (Å²) in [6, 6.07) is 10.3. The van der Waals surface area contributed by atoms with Crippen LogP contribution in [0.1, 0.15) is 36.4 Å². The first-order valence-corrected chi connectivity index (χ1v) is 7.50. The summed E-state index contributed by atoms with van der Waals surface area (Å²) in [5.74, 6) is 2.68. The highest BCUT2D eigenvalue weighted by atomic mass is 32.2. The molecule has 1 heterocycles. The molecule has 1 aromatic carbocycles. The Balaban J connectivity index is 1.68. The van der Waals surface area contributed by atoms with Crippen LogP contribution < -0.4 is 5.32 Å². The van der Waals surface area contributed by atoms with Crippen molar-refractivity contribution >= 4 is 11.8 Å². The van der Waals surface area contributed by atoms with Crippen LogP contribution in [0.5, 0.6) is 0 Å². The average Bonchev–Trinajstić information content (AvgIpc) is 2.74. The number of hydrogen-bond donors (Lipinski definition) is 1. The van der Waals surface area contributed by atoms with Crippen molar-refractivity contribution in [3.05, 3.63) is 35.4 Å². The minimum atomic E-state index is 0.629. The minimum absolute atomic E-state index is 0.629. The molecule has 86 valence electrons. The van der Waals surface area contributed by atoms with Crippen molar-refractivity contribution in [2.45, 2.75) is 37.8 Å². The van der Waals surface area contributed by atoms with Crippen molar-refractivity contribution in [1.29, 1.82) is 0 Å². The van der Waals surface area contributed by atoms with Crippen LogP contribution in [0.4, 0.5) is 0 Å². The Morgan fingerprint density at radius 3 is 2.75 bits per heavy atom. The maximum Gasteiger partial charge on any atom is 0.0328 e. The topological polar surface area (TPSA) is 12.0 Å². The molecule has 0 saturated carbocycles. The van der Waals surface area contributed by atoms with Crippen LogP contribution in [0, 0.1) is 0 Å². The fraction of sp³-hybridized carbons (Fsp3) is 0.571. The number of thioether (sulfide) groups is 1. The third kappa shape index (κ3) is 2.14. The molecule has 1 atom stereocenters. The van der Waals surface area contributed by atoms with E-state index in [4.69, 9.17) is 0 Å². The van der Waals surface area contributed by atoms with Gasteiger partial charge in [0.25, 0.3) is 0 Å². The van der Waals surface area contributed by atoms with E-state index in [1.54, 1.807) is 11.1 Å². The summed E-state index contributed by atoms with van der Waals surface area (Å²) in [7, 11) is 0. The van der Waals surface area contributed by atoms with Crippen LogP contribution in [0.3, 0.4) is 0 Å². The Hall–Kier alpha value is -0.470. The van der Waals surface area contributed by atoms with Gasteiger partial charge in [-0.3, -0.25) is 0 Å². The molecule has 1 N–H and O–H groups in total. The lowest BCUT2D eigenvalue weighted by molar-refractivity contribution is 0.412. The Kier molecular flexibility index (Phi) is 3.20. The summed E-state index contributed by atoms with van der Waals surface area (Å²) in [5, 5.41) is 3.86. The molecular formula is C14H19NS. The Morgan fingerprint density at radius 2 is 1.88 bits per heavy atom. The number of rotatable bonds is 2. The monoisotopic (exact) mass is 233 g/mol. The van der Waals surface area contributed by atoms with Gasteiger partial charge in [0.1, 0.15) is 0 Å². The van der Waals surface area contributed by atoms with E-state index >= 15 is 0 Å². The highest BCUT2D eigenvalue weighted by Crippen LogP contribution is 2.32. The zero-order valence-electron chi connectivity index (χ0n) is 9.61. The molecule has 2 heteroatoms. The van der Waals surface area contributed by atoms with E-state index in [-0.39, 0.29) is 0 Å². The van der Waals surface area contributed by atoms with E-state index in [0.717, 1.165) is 6.04 Å². The minimum Gasteiger partial charge on any atom is -0.307 e. The smallest absolute Gasteiger partial charge is 0.0328 e. The first-order valence-electron chi connectivity index (χ1n) is 6.35. The van der Waals surface area contributed by atoms with Gasteiger partial charge in [-0.1, -0.05) is 24.3 Å². The standard InChI is InChI=1S/C14H19NS/c1-2-4-13-11(3-1)5-6-14(13)15-12-7-9-16-10-8-12/h1-4,12,14-15H,5-10H2. The lowest BCUT2D eigenvalue weighted by Gasteiger charge is -2.26. The van der Waals surface area contributed by atoms with E-state index in [1.165, 1.54) is 37.2 Å². The van der Waals surface area contributed by atoms with Crippen molar-refractivity contribution in [3.63, 3.8) is 0 Å². The normalized spacial score (nSPS) is 25.6. The molecule has 1 nitrogen and oxygen atoms in total. The maximum absolute atomic E-state index is 3.86.